The van der Waals surface area contributed by atoms with Crippen LogP contribution in [0.15, 0.2) is 22.6 Å². The van der Waals surface area contributed by atoms with Gasteiger partial charge in [-0.2, -0.15) is 0 Å². The number of aliphatic carboxylic acids is 1. The van der Waals surface area contributed by atoms with Crippen LogP contribution in [0.5, 0.6) is 0 Å². The van der Waals surface area contributed by atoms with E-state index < -0.39 is 5.97 Å². The number of furan rings is 1. The Kier molecular flexibility index (Phi) is 3.26. The fraction of sp³-hybridized carbons (Fsp3) is 0.438. The molecule has 4 nitrogen and oxygen atoms in total. The molecule has 0 spiro atoms. The van der Waals surface area contributed by atoms with E-state index >= 15 is 0 Å². The Morgan fingerprint density at radius 1 is 1.35 bits per heavy atom. The molecule has 1 aromatic heterocycles. The van der Waals surface area contributed by atoms with E-state index in [0.29, 0.717) is 6.54 Å². The van der Waals surface area contributed by atoms with E-state index in [9.17, 15) is 9.90 Å². The van der Waals surface area contributed by atoms with Crippen LogP contribution in [0.3, 0.4) is 0 Å². The summed E-state index contributed by atoms with van der Waals surface area (Å²) in [4.78, 5) is 13.2. The molecule has 1 fully saturated rings. The Balaban J connectivity index is 1.86. The highest BCUT2D eigenvalue weighted by Gasteiger charge is 2.30. The molecule has 1 unspecified atom stereocenters. The normalized spacial score (nSPS) is 19.8. The number of rotatable bonds is 3. The monoisotopic (exact) mass is 273 g/mol. The van der Waals surface area contributed by atoms with Crippen LogP contribution in [0.25, 0.3) is 11.0 Å². The number of carboxylic acid groups (broad SMARTS) is 1. The average molecular weight is 273 g/mol. The van der Waals surface area contributed by atoms with Gasteiger partial charge in [0.25, 0.3) is 0 Å². The molecule has 1 atom stereocenters. The van der Waals surface area contributed by atoms with E-state index in [2.05, 4.69) is 19.9 Å². The number of nitrogens with zero attached hydrogens (tertiary/aromatic N) is 1. The van der Waals surface area contributed by atoms with E-state index in [-0.39, 0.29) is 6.04 Å². The van der Waals surface area contributed by atoms with Crippen LogP contribution >= 0.6 is 0 Å². The summed E-state index contributed by atoms with van der Waals surface area (Å²) in [5, 5.41) is 10.3. The zero-order valence-corrected chi connectivity index (χ0v) is 11.8. The number of hydrogen-bond acceptors (Lipinski definition) is 3. The molecule has 1 saturated heterocycles. The SMILES string of the molecule is Cc1cc2cc(CN3CCCC3C(=O)O)oc2cc1C. The van der Waals surface area contributed by atoms with Crippen LogP contribution in [-0.2, 0) is 11.3 Å². The Hall–Kier alpha value is -1.81. The summed E-state index contributed by atoms with van der Waals surface area (Å²) in [5.74, 6) is 0.114. The zero-order valence-electron chi connectivity index (χ0n) is 11.8. The molecule has 0 amide bonds. The highest BCUT2D eigenvalue weighted by molar-refractivity contribution is 5.79. The van der Waals surface area contributed by atoms with Crippen molar-refractivity contribution in [2.75, 3.05) is 6.54 Å². The lowest BCUT2D eigenvalue weighted by Gasteiger charge is -2.19. The Morgan fingerprint density at radius 3 is 2.85 bits per heavy atom. The summed E-state index contributed by atoms with van der Waals surface area (Å²) in [6.45, 7) is 5.55. The first-order valence-electron chi connectivity index (χ1n) is 7.01. The van der Waals surface area contributed by atoms with Gasteiger partial charge in [-0.15, -0.1) is 0 Å². The second-order valence-electron chi connectivity index (χ2n) is 5.65. The number of carboxylic acids is 1. The van der Waals surface area contributed by atoms with Gasteiger partial charge < -0.3 is 9.52 Å². The first-order valence-corrected chi connectivity index (χ1v) is 7.01. The molecule has 3 rings (SSSR count). The fourth-order valence-corrected chi connectivity index (χ4v) is 2.93. The van der Waals surface area contributed by atoms with Crippen molar-refractivity contribution < 1.29 is 14.3 Å². The molecule has 0 saturated carbocycles. The van der Waals surface area contributed by atoms with Crippen molar-refractivity contribution in [3.63, 3.8) is 0 Å². The summed E-state index contributed by atoms with van der Waals surface area (Å²) in [5.41, 5.74) is 3.34. The molecule has 4 heteroatoms. The predicted molar refractivity (Wildman–Crippen MR) is 76.8 cm³/mol. The van der Waals surface area contributed by atoms with E-state index in [1.807, 2.05) is 17.0 Å². The first kappa shape index (κ1) is 13.2. The van der Waals surface area contributed by atoms with Crippen molar-refractivity contribution in [2.45, 2.75) is 39.3 Å². The third-order valence-corrected chi connectivity index (χ3v) is 4.19. The molecule has 1 aliphatic heterocycles. The summed E-state index contributed by atoms with van der Waals surface area (Å²) in [6.07, 6.45) is 1.67. The standard InChI is InChI=1S/C16H19NO3/c1-10-6-12-8-13(20-15(12)7-11(10)2)9-17-5-3-4-14(17)16(18)19/h6-8,14H,3-5,9H2,1-2H3,(H,18,19). The lowest BCUT2D eigenvalue weighted by Crippen LogP contribution is -2.35. The third kappa shape index (κ3) is 2.31. The minimum atomic E-state index is -0.731. The molecule has 1 aromatic carbocycles. The lowest BCUT2D eigenvalue weighted by molar-refractivity contribution is -0.142. The van der Waals surface area contributed by atoms with E-state index in [1.54, 1.807) is 0 Å². The van der Waals surface area contributed by atoms with Gasteiger partial charge in [-0.3, -0.25) is 9.69 Å². The third-order valence-electron chi connectivity index (χ3n) is 4.19. The van der Waals surface area contributed by atoms with Crippen LogP contribution in [-0.4, -0.2) is 28.6 Å². The molecule has 106 valence electrons. The predicted octanol–water partition coefficient (Wildman–Crippen LogP) is 3.10. The van der Waals surface area contributed by atoms with Gasteiger partial charge in [0, 0.05) is 5.39 Å². The topological polar surface area (TPSA) is 53.7 Å². The van der Waals surface area contributed by atoms with Gasteiger partial charge in [0.05, 0.1) is 6.54 Å². The highest BCUT2D eigenvalue weighted by atomic mass is 16.4. The van der Waals surface area contributed by atoms with Gasteiger partial charge in [0.15, 0.2) is 0 Å². The van der Waals surface area contributed by atoms with Gasteiger partial charge in [-0.1, -0.05) is 0 Å². The molecular weight excluding hydrogens is 254 g/mol. The molecule has 0 radical (unpaired) electrons. The molecule has 1 aliphatic rings. The van der Waals surface area contributed by atoms with Gasteiger partial charge in [-0.05, 0) is 62.6 Å². The number of hydrogen-bond donors (Lipinski definition) is 1. The quantitative estimate of drug-likeness (QED) is 0.933. The summed E-state index contributed by atoms with van der Waals surface area (Å²) >= 11 is 0. The minimum Gasteiger partial charge on any atom is -0.480 e. The van der Waals surface area contributed by atoms with E-state index in [0.717, 1.165) is 36.1 Å². The van der Waals surface area contributed by atoms with Crippen LogP contribution in [0.1, 0.15) is 29.7 Å². The minimum absolute atomic E-state index is 0.369. The first-order chi connectivity index (χ1) is 9.54. The van der Waals surface area contributed by atoms with E-state index in [4.69, 9.17) is 4.42 Å². The molecule has 2 aromatic rings. The number of aryl methyl sites for hydroxylation is 2. The smallest absolute Gasteiger partial charge is 0.320 e. The summed E-state index contributed by atoms with van der Waals surface area (Å²) in [6, 6.07) is 5.83. The molecule has 0 aliphatic carbocycles. The Labute approximate surface area is 118 Å². The number of likely N-dealkylation sites (tertiary alicyclic amines) is 1. The van der Waals surface area contributed by atoms with Gasteiger partial charge in [-0.25, -0.2) is 0 Å². The van der Waals surface area contributed by atoms with Gasteiger partial charge in [0.1, 0.15) is 17.4 Å². The molecule has 1 N–H and O–H groups in total. The Bertz CT molecular complexity index is 620. The van der Waals surface area contributed by atoms with Gasteiger partial charge in [0.2, 0.25) is 0 Å². The van der Waals surface area contributed by atoms with Crippen molar-refractivity contribution >= 4 is 16.9 Å². The van der Waals surface area contributed by atoms with Crippen LogP contribution in [0, 0.1) is 13.8 Å². The highest BCUT2D eigenvalue weighted by Crippen LogP contribution is 2.26. The summed E-state index contributed by atoms with van der Waals surface area (Å²) < 4.78 is 5.86. The van der Waals surface area contributed by atoms with Crippen molar-refractivity contribution in [1.29, 1.82) is 0 Å². The van der Waals surface area contributed by atoms with Crippen LogP contribution in [0.2, 0.25) is 0 Å². The maximum atomic E-state index is 11.2. The van der Waals surface area contributed by atoms with Crippen molar-refractivity contribution in [2.24, 2.45) is 0 Å². The number of benzene rings is 1. The lowest BCUT2D eigenvalue weighted by atomic mass is 10.1. The molecular formula is C16H19NO3. The van der Waals surface area contributed by atoms with Gasteiger partial charge >= 0.3 is 5.97 Å². The van der Waals surface area contributed by atoms with Crippen LogP contribution in [0.4, 0.5) is 0 Å². The van der Waals surface area contributed by atoms with Crippen molar-refractivity contribution in [3.8, 4) is 0 Å². The second kappa shape index (κ2) is 4.94. The Morgan fingerprint density at radius 2 is 2.10 bits per heavy atom. The number of fused-ring (bicyclic) bond motifs is 1. The zero-order chi connectivity index (χ0) is 14.3. The number of carbonyl (C=O) groups is 1. The second-order valence-corrected chi connectivity index (χ2v) is 5.65. The summed E-state index contributed by atoms with van der Waals surface area (Å²) in [7, 11) is 0. The van der Waals surface area contributed by atoms with Crippen LogP contribution < -0.4 is 0 Å². The van der Waals surface area contributed by atoms with Crippen molar-refractivity contribution in [3.05, 3.63) is 35.1 Å². The van der Waals surface area contributed by atoms with Crippen molar-refractivity contribution in [1.82, 2.24) is 4.90 Å². The average Bonchev–Trinajstić information content (AvgIpc) is 2.97. The maximum Gasteiger partial charge on any atom is 0.320 e. The molecule has 2 heterocycles. The maximum absolute atomic E-state index is 11.2. The van der Waals surface area contributed by atoms with E-state index in [1.165, 1.54) is 11.1 Å². The molecule has 20 heavy (non-hydrogen) atoms. The largest absolute Gasteiger partial charge is 0.480 e. The molecule has 0 bridgehead atoms. The fourth-order valence-electron chi connectivity index (χ4n) is 2.93.